The summed E-state index contributed by atoms with van der Waals surface area (Å²) in [5.74, 6) is 0.707. The van der Waals surface area contributed by atoms with Gasteiger partial charge in [0.1, 0.15) is 0 Å². The molecule has 1 saturated carbocycles. The first-order chi connectivity index (χ1) is 8.61. The van der Waals surface area contributed by atoms with Crippen molar-refractivity contribution in [2.45, 2.75) is 25.4 Å². The highest BCUT2D eigenvalue weighted by Crippen LogP contribution is 2.35. The van der Waals surface area contributed by atoms with E-state index in [1.54, 1.807) is 12.1 Å². The summed E-state index contributed by atoms with van der Waals surface area (Å²) in [5.41, 5.74) is 6.91. The zero-order valence-corrected chi connectivity index (χ0v) is 11.8. The summed E-state index contributed by atoms with van der Waals surface area (Å²) < 4.78 is 0. The molecule has 1 aliphatic rings. The van der Waals surface area contributed by atoms with Crippen molar-refractivity contribution >= 4 is 18.1 Å². The summed E-state index contributed by atoms with van der Waals surface area (Å²) in [6.45, 7) is 1.36. The van der Waals surface area contributed by atoms with Gasteiger partial charge in [0.15, 0.2) is 0 Å². The third-order valence-corrected chi connectivity index (χ3v) is 3.53. The Kier molecular flexibility index (Phi) is 5.72. The molecule has 5 nitrogen and oxygen atoms in total. The number of nitro groups is 1. The molecule has 0 heterocycles. The molecule has 0 aromatic heterocycles. The summed E-state index contributed by atoms with van der Waals surface area (Å²) in [7, 11) is 2.04. The smallest absolute Gasteiger partial charge is 0.269 e. The maximum Gasteiger partial charge on any atom is 0.269 e. The Hall–Kier alpha value is -1.17. The van der Waals surface area contributed by atoms with Gasteiger partial charge in [0.25, 0.3) is 5.69 Å². The van der Waals surface area contributed by atoms with Crippen LogP contribution < -0.4 is 5.73 Å². The van der Waals surface area contributed by atoms with E-state index in [0.29, 0.717) is 25.0 Å². The number of non-ortho nitro benzene ring substituents is 1. The van der Waals surface area contributed by atoms with Crippen molar-refractivity contribution < 1.29 is 4.92 Å². The molecule has 0 bridgehead atoms. The van der Waals surface area contributed by atoms with Crippen LogP contribution in [0.4, 0.5) is 5.69 Å². The van der Waals surface area contributed by atoms with Crippen LogP contribution in [0.3, 0.4) is 0 Å². The molecule has 0 spiro atoms. The molecule has 0 aliphatic heterocycles. The molecule has 1 unspecified atom stereocenters. The predicted molar refractivity (Wildman–Crippen MR) is 77.4 cm³/mol. The first-order valence-corrected chi connectivity index (χ1v) is 6.25. The molecule has 2 rings (SSSR count). The average molecular weight is 286 g/mol. The lowest BCUT2D eigenvalue weighted by molar-refractivity contribution is -0.384. The van der Waals surface area contributed by atoms with E-state index < -0.39 is 0 Å². The van der Waals surface area contributed by atoms with E-state index in [2.05, 4.69) is 4.90 Å². The second-order valence-electron chi connectivity index (χ2n) is 4.98. The topological polar surface area (TPSA) is 72.4 Å². The molecule has 1 atom stereocenters. The van der Waals surface area contributed by atoms with Gasteiger partial charge in [0, 0.05) is 31.3 Å². The van der Waals surface area contributed by atoms with E-state index in [-0.39, 0.29) is 23.0 Å². The monoisotopic (exact) mass is 285 g/mol. The third-order valence-electron chi connectivity index (χ3n) is 3.53. The summed E-state index contributed by atoms with van der Waals surface area (Å²) in [6, 6.07) is 7.20. The molecule has 6 heteroatoms. The summed E-state index contributed by atoms with van der Waals surface area (Å²) in [5, 5.41) is 10.7. The van der Waals surface area contributed by atoms with E-state index in [4.69, 9.17) is 5.73 Å². The Morgan fingerprint density at radius 2 is 2.21 bits per heavy atom. The summed E-state index contributed by atoms with van der Waals surface area (Å²) in [6.07, 6.45) is 2.50. The molecule has 1 aliphatic carbocycles. The highest BCUT2D eigenvalue weighted by atomic mass is 35.5. The number of hydrogen-bond donors (Lipinski definition) is 1. The minimum Gasteiger partial charge on any atom is -0.329 e. The molecular formula is C13H20ClN3O2. The van der Waals surface area contributed by atoms with Gasteiger partial charge >= 0.3 is 0 Å². The lowest BCUT2D eigenvalue weighted by Gasteiger charge is -2.26. The van der Waals surface area contributed by atoms with Gasteiger partial charge in [0.2, 0.25) is 0 Å². The van der Waals surface area contributed by atoms with Gasteiger partial charge in [-0.15, -0.1) is 12.4 Å². The van der Waals surface area contributed by atoms with Gasteiger partial charge in [0.05, 0.1) is 4.92 Å². The Morgan fingerprint density at radius 1 is 1.53 bits per heavy atom. The first kappa shape index (κ1) is 15.9. The molecule has 106 valence electrons. The SMILES string of the molecule is CN(Cc1cccc([N+](=O)[O-])c1)C(CN)C1CC1.Cl. The highest BCUT2D eigenvalue weighted by Gasteiger charge is 2.32. The van der Waals surface area contributed by atoms with Crippen molar-refractivity contribution in [1.82, 2.24) is 4.90 Å². The number of hydrogen-bond acceptors (Lipinski definition) is 4. The number of nitrogens with two attached hydrogens (primary N) is 1. The van der Waals surface area contributed by atoms with Crippen LogP contribution in [0.1, 0.15) is 18.4 Å². The number of nitrogens with zero attached hydrogens (tertiary/aromatic N) is 2. The number of rotatable bonds is 6. The van der Waals surface area contributed by atoms with Crippen LogP contribution >= 0.6 is 12.4 Å². The number of benzene rings is 1. The lowest BCUT2D eigenvalue weighted by atomic mass is 10.1. The van der Waals surface area contributed by atoms with Gasteiger partial charge in [-0.2, -0.15) is 0 Å². The fourth-order valence-corrected chi connectivity index (χ4v) is 2.39. The lowest BCUT2D eigenvalue weighted by Crippen LogP contribution is -2.39. The van der Waals surface area contributed by atoms with Gasteiger partial charge in [-0.25, -0.2) is 0 Å². The summed E-state index contributed by atoms with van der Waals surface area (Å²) >= 11 is 0. The summed E-state index contributed by atoms with van der Waals surface area (Å²) in [4.78, 5) is 12.6. The molecule has 1 fully saturated rings. The second kappa shape index (κ2) is 6.84. The molecule has 19 heavy (non-hydrogen) atoms. The number of halogens is 1. The average Bonchev–Trinajstić information content (AvgIpc) is 3.14. The third kappa shape index (κ3) is 4.16. The van der Waals surface area contributed by atoms with Crippen LogP contribution in [-0.4, -0.2) is 29.5 Å². The molecule has 0 saturated heterocycles. The highest BCUT2D eigenvalue weighted by molar-refractivity contribution is 5.85. The van der Waals surface area contributed by atoms with Crippen molar-refractivity contribution in [2.75, 3.05) is 13.6 Å². The van der Waals surface area contributed by atoms with Crippen molar-refractivity contribution in [1.29, 1.82) is 0 Å². The maximum absolute atomic E-state index is 10.7. The van der Waals surface area contributed by atoms with Crippen LogP contribution in [-0.2, 0) is 6.54 Å². The first-order valence-electron chi connectivity index (χ1n) is 6.25. The standard InChI is InChI=1S/C13H19N3O2.ClH/c1-15(13(8-14)11-5-6-11)9-10-3-2-4-12(7-10)16(17)18;/h2-4,7,11,13H,5-6,8-9,14H2,1H3;1H. The van der Waals surface area contributed by atoms with Gasteiger partial charge in [-0.3, -0.25) is 15.0 Å². The zero-order valence-electron chi connectivity index (χ0n) is 11.0. The molecule has 2 N–H and O–H groups in total. The molecular weight excluding hydrogens is 266 g/mol. The largest absolute Gasteiger partial charge is 0.329 e. The van der Waals surface area contributed by atoms with Gasteiger partial charge in [-0.1, -0.05) is 12.1 Å². The number of nitro benzene ring substituents is 1. The van der Waals surface area contributed by atoms with Crippen molar-refractivity contribution in [3.63, 3.8) is 0 Å². The van der Waals surface area contributed by atoms with Crippen LogP contribution in [0.25, 0.3) is 0 Å². The van der Waals surface area contributed by atoms with E-state index in [1.165, 1.54) is 18.9 Å². The van der Waals surface area contributed by atoms with Crippen LogP contribution in [0, 0.1) is 16.0 Å². The minimum absolute atomic E-state index is 0. The molecule has 1 aromatic rings. The predicted octanol–water partition coefficient (Wildman–Crippen LogP) is 2.19. The van der Waals surface area contributed by atoms with E-state index in [0.717, 1.165) is 5.56 Å². The van der Waals surface area contributed by atoms with E-state index >= 15 is 0 Å². The zero-order chi connectivity index (χ0) is 13.1. The van der Waals surface area contributed by atoms with Gasteiger partial charge in [-0.05, 0) is 31.4 Å². The molecule has 0 radical (unpaired) electrons. The Bertz CT molecular complexity index is 438. The fraction of sp³-hybridized carbons (Fsp3) is 0.538. The van der Waals surface area contributed by atoms with Crippen molar-refractivity contribution in [3.05, 3.63) is 39.9 Å². The van der Waals surface area contributed by atoms with Crippen LogP contribution in [0.5, 0.6) is 0 Å². The Balaban J connectivity index is 0.00000180. The number of likely N-dealkylation sites (N-methyl/N-ethyl adjacent to an activating group) is 1. The van der Waals surface area contributed by atoms with Crippen molar-refractivity contribution in [3.8, 4) is 0 Å². The Labute approximate surface area is 119 Å². The van der Waals surface area contributed by atoms with Crippen molar-refractivity contribution in [2.24, 2.45) is 11.7 Å². The minimum atomic E-state index is -0.356. The molecule has 0 amide bonds. The maximum atomic E-state index is 10.7. The van der Waals surface area contributed by atoms with E-state index in [9.17, 15) is 10.1 Å². The second-order valence-corrected chi connectivity index (χ2v) is 4.98. The fourth-order valence-electron chi connectivity index (χ4n) is 2.39. The van der Waals surface area contributed by atoms with Crippen LogP contribution in [0.2, 0.25) is 0 Å². The van der Waals surface area contributed by atoms with E-state index in [1.807, 2.05) is 13.1 Å². The quantitative estimate of drug-likeness (QED) is 0.642. The van der Waals surface area contributed by atoms with Crippen LogP contribution in [0.15, 0.2) is 24.3 Å². The Morgan fingerprint density at radius 3 is 2.74 bits per heavy atom. The van der Waals surface area contributed by atoms with Gasteiger partial charge < -0.3 is 5.73 Å². The molecule has 1 aromatic carbocycles. The normalized spacial score (nSPS) is 15.9.